The molecule has 1 rings (SSSR count). The molecule has 0 aromatic heterocycles. The van der Waals surface area contributed by atoms with Gasteiger partial charge in [-0.3, -0.25) is 0 Å². The van der Waals surface area contributed by atoms with Crippen molar-refractivity contribution >= 4 is 5.69 Å². The Morgan fingerprint density at radius 3 is 2.77 bits per heavy atom. The van der Waals surface area contributed by atoms with E-state index in [1.54, 1.807) is 6.07 Å². The van der Waals surface area contributed by atoms with Gasteiger partial charge in [-0.15, -0.1) is 0 Å². The van der Waals surface area contributed by atoms with Gasteiger partial charge in [0.1, 0.15) is 0 Å². The van der Waals surface area contributed by atoms with Gasteiger partial charge in [0.15, 0.2) is 0 Å². The molecule has 0 aliphatic heterocycles. The molecule has 2 nitrogen and oxygen atoms in total. The topological polar surface area (TPSA) is 49.8 Å². The third kappa shape index (κ3) is 2.48. The molecule has 0 unspecified atom stereocenters. The van der Waals surface area contributed by atoms with Crippen molar-refractivity contribution in [2.45, 2.75) is 26.2 Å². The van der Waals surface area contributed by atoms with Crippen LogP contribution in [0.1, 0.15) is 30.9 Å². The zero-order valence-electron chi connectivity index (χ0n) is 7.88. The molecule has 0 saturated heterocycles. The smallest absolute Gasteiger partial charge is 0.0992 e. The van der Waals surface area contributed by atoms with Crippen LogP contribution >= 0.6 is 0 Å². The second kappa shape index (κ2) is 4.51. The lowest BCUT2D eigenvalue weighted by atomic mass is 10.0. The van der Waals surface area contributed by atoms with E-state index >= 15 is 0 Å². The number of hydrogen-bond donors (Lipinski definition) is 1. The Morgan fingerprint density at radius 2 is 2.23 bits per heavy atom. The number of rotatable bonds is 3. The Morgan fingerprint density at radius 1 is 1.46 bits per heavy atom. The van der Waals surface area contributed by atoms with E-state index in [1.807, 2.05) is 12.1 Å². The minimum atomic E-state index is 0.637. The van der Waals surface area contributed by atoms with E-state index < -0.39 is 0 Å². The average Bonchev–Trinajstić information content (AvgIpc) is 2.16. The van der Waals surface area contributed by atoms with Crippen molar-refractivity contribution in [1.29, 1.82) is 5.26 Å². The lowest BCUT2D eigenvalue weighted by molar-refractivity contribution is 0.796. The fraction of sp³-hybridized carbons (Fsp3) is 0.364. The number of nitrogens with zero attached hydrogens (tertiary/aromatic N) is 1. The van der Waals surface area contributed by atoms with Crippen molar-refractivity contribution in [2.75, 3.05) is 5.73 Å². The van der Waals surface area contributed by atoms with Gasteiger partial charge < -0.3 is 5.73 Å². The van der Waals surface area contributed by atoms with Gasteiger partial charge in [0.05, 0.1) is 11.6 Å². The summed E-state index contributed by atoms with van der Waals surface area (Å²) >= 11 is 0. The average molecular weight is 174 g/mol. The van der Waals surface area contributed by atoms with E-state index in [1.165, 1.54) is 6.42 Å². The van der Waals surface area contributed by atoms with Crippen molar-refractivity contribution in [3.05, 3.63) is 29.3 Å². The molecule has 0 saturated carbocycles. The first kappa shape index (κ1) is 9.60. The fourth-order valence-electron chi connectivity index (χ4n) is 1.26. The summed E-state index contributed by atoms with van der Waals surface area (Å²) in [6, 6.07) is 7.58. The van der Waals surface area contributed by atoms with Crippen LogP contribution in [-0.4, -0.2) is 0 Å². The summed E-state index contributed by atoms with van der Waals surface area (Å²) in [5.74, 6) is 0. The van der Waals surface area contributed by atoms with Crippen LogP contribution in [0.15, 0.2) is 18.2 Å². The van der Waals surface area contributed by atoms with Crippen LogP contribution in [0, 0.1) is 11.3 Å². The number of nitriles is 1. The summed E-state index contributed by atoms with van der Waals surface area (Å²) in [4.78, 5) is 0. The lowest BCUT2D eigenvalue weighted by Gasteiger charge is -2.04. The molecular weight excluding hydrogens is 160 g/mol. The van der Waals surface area contributed by atoms with Crippen molar-refractivity contribution < 1.29 is 0 Å². The van der Waals surface area contributed by atoms with E-state index in [0.717, 1.165) is 24.1 Å². The first-order valence-corrected chi connectivity index (χ1v) is 4.56. The summed E-state index contributed by atoms with van der Waals surface area (Å²) in [6.07, 6.45) is 3.32. The van der Waals surface area contributed by atoms with Gasteiger partial charge in [-0.25, -0.2) is 0 Å². The summed E-state index contributed by atoms with van der Waals surface area (Å²) in [7, 11) is 0. The highest BCUT2D eigenvalue weighted by molar-refractivity contribution is 5.52. The maximum atomic E-state index is 8.62. The molecule has 2 heteroatoms. The zero-order valence-corrected chi connectivity index (χ0v) is 7.88. The molecule has 0 fully saturated rings. The summed E-state index contributed by atoms with van der Waals surface area (Å²) in [6.45, 7) is 2.15. The molecule has 2 N–H and O–H groups in total. The molecular formula is C11H14N2. The molecule has 0 amide bonds. The first-order valence-electron chi connectivity index (χ1n) is 4.56. The standard InChI is InChI=1S/C11H14N2/c1-2-3-4-10-6-5-9(8-12)7-11(10)13/h5-7H,2-4,13H2,1H3. The van der Waals surface area contributed by atoms with Crippen LogP contribution in [-0.2, 0) is 6.42 Å². The van der Waals surface area contributed by atoms with Gasteiger partial charge in [-0.2, -0.15) is 5.26 Å². The van der Waals surface area contributed by atoms with Crippen LogP contribution in [0.2, 0.25) is 0 Å². The third-order valence-electron chi connectivity index (χ3n) is 2.07. The molecule has 1 aromatic rings. The van der Waals surface area contributed by atoms with Gasteiger partial charge in [0, 0.05) is 5.69 Å². The summed E-state index contributed by atoms with van der Waals surface area (Å²) < 4.78 is 0. The molecule has 0 spiro atoms. The lowest BCUT2D eigenvalue weighted by Crippen LogP contribution is -1.95. The number of aryl methyl sites for hydroxylation is 1. The van der Waals surface area contributed by atoms with Crippen LogP contribution < -0.4 is 5.73 Å². The van der Waals surface area contributed by atoms with Gasteiger partial charge >= 0.3 is 0 Å². The number of anilines is 1. The maximum Gasteiger partial charge on any atom is 0.0992 e. The Hall–Kier alpha value is -1.49. The highest BCUT2D eigenvalue weighted by Crippen LogP contribution is 2.16. The van der Waals surface area contributed by atoms with Crippen LogP contribution in [0.3, 0.4) is 0 Å². The highest BCUT2D eigenvalue weighted by Gasteiger charge is 1.99. The Kier molecular flexibility index (Phi) is 3.33. The third-order valence-corrected chi connectivity index (χ3v) is 2.07. The SMILES string of the molecule is CCCCc1ccc(C#N)cc1N. The van der Waals surface area contributed by atoms with Crippen molar-refractivity contribution in [1.82, 2.24) is 0 Å². The van der Waals surface area contributed by atoms with Crippen molar-refractivity contribution in [2.24, 2.45) is 0 Å². The molecule has 0 aliphatic carbocycles. The molecule has 1 aromatic carbocycles. The minimum Gasteiger partial charge on any atom is -0.398 e. The second-order valence-corrected chi connectivity index (χ2v) is 3.13. The molecule has 68 valence electrons. The Labute approximate surface area is 79.0 Å². The number of nitrogen functional groups attached to an aromatic ring is 1. The Bertz CT molecular complexity index is 323. The number of hydrogen-bond acceptors (Lipinski definition) is 2. The summed E-state index contributed by atoms with van der Waals surface area (Å²) in [5.41, 5.74) is 8.32. The zero-order chi connectivity index (χ0) is 9.68. The van der Waals surface area contributed by atoms with E-state index in [0.29, 0.717) is 5.56 Å². The second-order valence-electron chi connectivity index (χ2n) is 3.13. The quantitative estimate of drug-likeness (QED) is 0.716. The van der Waals surface area contributed by atoms with Gasteiger partial charge in [-0.1, -0.05) is 19.4 Å². The predicted octanol–water partition coefficient (Wildman–Crippen LogP) is 2.48. The molecule has 0 heterocycles. The van der Waals surface area contributed by atoms with Crippen LogP contribution in [0.5, 0.6) is 0 Å². The molecule has 13 heavy (non-hydrogen) atoms. The van der Waals surface area contributed by atoms with Crippen molar-refractivity contribution in [3.63, 3.8) is 0 Å². The molecule has 0 aliphatic rings. The van der Waals surface area contributed by atoms with E-state index in [-0.39, 0.29) is 0 Å². The summed E-state index contributed by atoms with van der Waals surface area (Å²) in [5, 5.41) is 8.62. The molecule has 0 bridgehead atoms. The maximum absolute atomic E-state index is 8.62. The molecule has 0 radical (unpaired) electrons. The van der Waals surface area contributed by atoms with Gasteiger partial charge in [-0.05, 0) is 30.5 Å². The number of benzene rings is 1. The van der Waals surface area contributed by atoms with Crippen LogP contribution in [0.25, 0.3) is 0 Å². The van der Waals surface area contributed by atoms with E-state index in [2.05, 4.69) is 13.0 Å². The first-order chi connectivity index (χ1) is 6.27. The van der Waals surface area contributed by atoms with E-state index in [9.17, 15) is 0 Å². The van der Waals surface area contributed by atoms with E-state index in [4.69, 9.17) is 11.0 Å². The largest absolute Gasteiger partial charge is 0.398 e. The van der Waals surface area contributed by atoms with Crippen LogP contribution in [0.4, 0.5) is 5.69 Å². The molecule has 0 atom stereocenters. The highest BCUT2D eigenvalue weighted by atomic mass is 14.6. The normalized spacial score (nSPS) is 9.54. The van der Waals surface area contributed by atoms with Gasteiger partial charge in [0.25, 0.3) is 0 Å². The number of nitrogens with two attached hydrogens (primary N) is 1. The fourth-order valence-corrected chi connectivity index (χ4v) is 1.26. The minimum absolute atomic E-state index is 0.637. The predicted molar refractivity (Wildman–Crippen MR) is 54.2 cm³/mol. The number of unbranched alkanes of at least 4 members (excludes halogenated alkanes) is 1. The Balaban J connectivity index is 2.81. The monoisotopic (exact) mass is 174 g/mol. The van der Waals surface area contributed by atoms with Gasteiger partial charge in [0.2, 0.25) is 0 Å². The van der Waals surface area contributed by atoms with Crippen molar-refractivity contribution in [3.8, 4) is 6.07 Å².